The van der Waals surface area contributed by atoms with Crippen molar-refractivity contribution in [2.24, 2.45) is 11.8 Å². The number of ether oxygens (including phenoxy) is 2. The summed E-state index contributed by atoms with van der Waals surface area (Å²) < 4.78 is 9.28. The number of nitrogens with zero attached hydrogens (tertiary/aromatic N) is 2. The quantitative estimate of drug-likeness (QED) is 0.479. The Morgan fingerprint density at radius 2 is 1.89 bits per heavy atom. The van der Waals surface area contributed by atoms with Crippen molar-refractivity contribution in [3.63, 3.8) is 0 Å². The van der Waals surface area contributed by atoms with Crippen molar-refractivity contribution in [1.82, 2.24) is 4.90 Å². The molecule has 4 heterocycles. The zero-order valence-electron chi connectivity index (χ0n) is 20.6. The summed E-state index contributed by atoms with van der Waals surface area (Å²) in [6.45, 7) is 2.78. The smallest absolute Gasteiger partial charge is 0.311 e. The number of carbonyl (C=O) groups is 3. The number of hydrogen-bond acceptors (Lipinski definition) is 7. The average molecular weight is 513 g/mol. The van der Waals surface area contributed by atoms with Crippen LogP contribution in [0.5, 0.6) is 5.75 Å². The third-order valence-corrected chi connectivity index (χ3v) is 9.49. The first-order valence-corrected chi connectivity index (χ1v) is 13.3. The molecule has 2 amide bonds. The number of methoxy groups -OCH3 is 1. The molecule has 1 aromatic rings. The van der Waals surface area contributed by atoms with Gasteiger partial charge in [0.25, 0.3) is 5.91 Å². The lowest BCUT2D eigenvalue weighted by Gasteiger charge is -2.36. The largest absolute Gasteiger partial charge is 0.497 e. The highest BCUT2D eigenvalue weighted by Crippen LogP contribution is 2.65. The van der Waals surface area contributed by atoms with Gasteiger partial charge in [-0.3, -0.25) is 14.4 Å². The molecule has 2 saturated heterocycles. The van der Waals surface area contributed by atoms with Gasteiger partial charge in [0.15, 0.2) is 0 Å². The Hall–Kier alpha value is -2.78. The van der Waals surface area contributed by atoms with Gasteiger partial charge in [-0.1, -0.05) is 24.3 Å². The van der Waals surface area contributed by atoms with Crippen LogP contribution in [0.4, 0.5) is 5.69 Å². The monoisotopic (exact) mass is 512 g/mol. The van der Waals surface area contributed by atoms with E-state index in [1.165, 1.54) is 11.8 Å². The number of amides is 2. The summed E-state index contributed by atoms with van der Waals surface area (Å²) in [6, 6.07) is 6.46. The molecule has 1 unspecified atom stereocenters. The normalized spacial score (nSPS) is 34.6. The lowest BCUT2D eigenvalue weighted by atomic mass is 9.74. The second kappa shape index (κ2) is 9.59. The van der Waals surface area contributed by atoms with Crippen LogP contribution in [0, 0.1) is 11.8 Å². The molecule has 36 heavy (non-hydrogen) atoms. The summed E-state index contributed by atoms with van der Waals surface area (Å²) >= 11 is 1.53. The highest BCUT2D eigenvalue weighted by atomic mass is 32.2. The topological polar surface area (TPSA) is 96.4 Å². The number of hydrogen-bond donors (Lipinski definition) is 1. The van der Waals surface area contributed by atoms with Crippen LogP contribution in [0.1, 0.15) is 26.2 Å². The molecule has 9 heteroatoms. The number of carbonyl (C=O) groups excluding carboxylic acids is 3. The van der Waals surface area contributed by atoms with E-state index in [-0.39, 0.29) is 30.9 Å². The summed E-state index contributed by atoms with van der Waals surface area (Å²) in [4.78, 5) is 45.0. The van der Waals surface area contributed by atoms with Crippen LogP contribution in [-0.2, 0) is 19.1 Å². The summed E-state index contributed by atoms with van der Waals surface area (Å²) in [5.41, 5.74) is 0.705. The van der Waals surface area contributed by atoms with Crippen LogP contribution in [0.3, 0.4) is 0 Å². The maximum absolute atomic E-state index is 14.3. The van der Waals surface area contributed by atoms with Gasteiger partial charge in [0.05, 0.1) is 30.3 Å². The van der Waals surface area contributed by atoms with Gasteiger partial charge in [-0.25, -0.2) is 0 Å². The fourth-order valence-electron chi connectivity index (χ4n) is 6.11. The predicted octanol–water partition coefficient (Wildman–Crippen LogP) is 2.56. The molecular formula is C27H32N2O6S. The Morgan fingerprint density at radius 3 is 2.61 bits per heavy atom. The molecule has 0 saturated carbocycles. The zero-order chi connectivity index (χ0) is 25.5. The first-order chi connectivity index (χ1) is 17.4. The maximum Gasteiger partial charge on any atom is 0.311 e. The van der Waals surface area contributed by atoms with Crippen molar-refractivity contribution in [3.8, 4) is 5.75 Å². The molecular weight excluding hydrogens is 480 g/mol. The number of esters is 1. The van der Waals surface area contributed by atoms with Gasteiger partial charge < -0.3 is 24.4 Å². The Bertz CT molecular complexity index is 1100. The number of anilines is 1. The number of fused-ring (bicyclic) bond motifs is 2. The molecule has 0 bridgehead atoms. The third-order valence-electron chi connectivity index (χ3n) is 7.69. The van der Waals surface area contributed by atoms with Gasteiger partial charge in [0, 0.05) is 30.1 Å². The molecule has 5 atom stereocenters. The number of allylic oxidation sites excluding steroid dienone is 1. The summed E-state index contributed by atoms with van der Waals surface area (Å²) in [5, 5.41) is 9.53. The number of benzene rings is 1. The Kier molecular flexibility index (Phi) is 6.63. The highest BCUT2D eigenvalue weighted by Gasteiger charge is 2.73. The minimum atomic E-state index is -0.924. The fraction of sp³-hybridized carbons (Fsp3) is 0.519. The van der Waals surface area contributed by atoms with E-state index in [9.17, 15) is 19.5 Å². The van der Waals surface area contributed by atoms with Crippen molar-refractivity contribution in [1.29, 1.82) is 0 Å². The summed E-state index contributed by atoms with van der Waals surface area (Å²) in [7, 11) is 1.59. The number of thioether (sulfide) groups is 1. The van der Waals surface area contributed by atoms with Crippen molar-refractivity contribution < 1.29 is 29.0 Å². The zero-order valence-corrected chi connectivity index (χ0v) is 21.4. The molecule has 1 N–H and O–H groups in total. The van der Waals surface area contributed by atoms with E-state index in [0.29, 0.717) is 31.0 Å². The summed E-state index contributed by atoms with van der Waals surface area (Å²) in [5.74, 6) is -1.57. The standard InChI is InChI=1S/C27H32N2O6S/c1-26-12-4-3-5-17-35-25(33)21(26)20-23(31)29(15-7-16-30)22-24(32)28(14-6-13-27(20,22)36-26)18-8-10-19(34-2)11-9-18/h4,6,8-13,20-22,30H,3,5,7,14-17H2,1-2H3/b12-4-/t20-,21+,22?,26-,27-/m0/s1. The number of aliphatic hydroxyl groups is 1. The van der Waals surface area contributed by atoms with E-state index in [1.807, 2.05) is 37.3 Å². The third kappa shape index (κ3) is 3.84. The van der Waals surface area contributed by atoms with Crippen molar-refractivity contribution in [3.05, 3.63) is 48.6 Å². The second-order valence-electron chi connectivity index (χ2n) is 9.87. The van der Waals surface area contributed by atoms with Gasteiger partial charge in [-0.05, 0) is 50.5 Å². The Labute approximate surface area is 215 Å². The number of cyclic esters (lactones) is 1. The predicted molar refractivity (Wildman–Crippen MR) is 137 cm³/mol. The van der Waals surface area contributed by atoms with E-state index >= 15 is 0 Å². The van der Waals surface area contributed by atoms with Crippen LogP contribution < -0.4 is 9.64 Å². The molecule has 0 aromatic heterocycles. The molecule has 5 rings (SSSR count). The van der Waals surface area contributed by atoms with E-state index in [2.05, 4.69) is 6.08 Å². The van der Waals surface area contributed by atoms with Crippen LogP contribution in [0.2, 0.25) is 0 Å². The van der Waals surface area contributed by atoms with E-state index in [1.54, 1.807) is 29.0 Å². The second-order valence-corrected chi connectivity index (χ2v) is 11.7. The van der Waals surface area contributed by atoms with Gasteiger partial charge >= 0.3 is 5.97 Å². The number of likely N-dealkylation sites (tertiary alicyclic amines) is 1. The average Bonchev–Trinajstić information content (AvgIpc) is 3.22. The van der Waals surface area contributed by atoms with Gasteiger partial charge in [0.2, 0.25) is 5.91 Å². The molecule has 2 fully saturated rings. The molecule has 8 nitrogen and oxygen atoms in total. The molecule has 1 aromatic carbocycles. The number of aliphatic hydroxyl groups excluding tert-OH is 1. The maximum atomic E-state index is 14.3. The van der Waals surface area contributed by atoms with Crippen molar-refractivity contribution in [2.45, 2.75) is 41.7 Å². The van der Waals surface area contributed by atoms with Gasteiger partial charge in [-0.15, -0.1) is 11.8 Å². The molecule has 4 aliphatic rings. The first-order valence-electron chi connectivity index (χ1n) is 12.5. The van der Waals surface area contributed by atoms with Gasteiger partial charge in [0.1, 0.15) is 11.8 Å². The fourth-order valence-corrected chi connectivity index (χ4v) is 8.26. The molecule has 0 radical (unpaired) electrons. The van der Waals surface area contributed by atoms with E-state index in [4.69, 9.17) is 9.47 Å². The minimum absolute atomic E-state index is 0.0978. The highest BCUT2D eigenvalue weighted by molar-refractivity contribution is 8.02. The lowest BCUT2D eigenvalue weighted by Crippen LogP contribution is -2.53. The molecule has 0 aliphatic carbocycles. The molecule has 4 aliphatic heterocycles. The van der Waals surface area contributed by atoms with E-state index in [0.717, 1.165) is 12.8 Å². The van der Waals surface area contributed by atoms with Gasteiger partial charge in [-0.2, -0.15) is 0 Å². The van der Waals surface area contributed by atoms with Crippen LogP contribution in [-0.4, -0.2) is 76.7 Å². The lowest BCUT2D eigenvalue weighted by molar-refractivity contribution is -0.154. The van der Waals surface area contributed by atoms with E-state index < -0.39 is 27.4 Å². The Morgan fingerprint density at radius 1 is 1.11 bits per heavy atom. The molecule has 192 valence electrons. The van der Waals surface area contributed by atoms with Crippen molar-refractivity contribution >= 4 is 35.2 Å². The van der Waals surface area contributed by atoms with Crippen LogP contribution in [0.15, 0.2) is 48.6 Å². The first kappa shape index (κ1) is 24.9. The summed E-state index contributed by atoms with van der Waals surface area (Å²) in [6.07, 6.45) is 9.89. The Balaban J connectivity index is 1.61. The van der Waals surface area contributed by atoms with Crippen LogP contribution >= 0.6 is 11.8 Å². The van der Waals surface area contributed by atoms with Crippen LogP contribution in [0.25, 0.3) is 0 Å². The molecule has 1 spiro atoms. The van der Waals surface area contributed by atoms with Crippen molar-refractivity contribution in [2.75, 3.05) is 38.3 Å². The SMILES string of the molecule is COc1ccc(N2CC=C[C@]34S[C@@]5(C)/C=C\CCCOC(=O)[C@H]5[C@H]3C(=O)N(CCCO)C4C2=O)cc1. The number of rotatable bonds is 5. The minimum Gasteiger partial charge on any atom is -0.497 e.